The lowest BCUT2D eigenvalue weighted by Crippen LogP contribution is -2.45. The van der Waals surface area contributed by atoms with E-state index >= 15 is 0 Å². The number of hydrogen-bond acceptors (Lipinski definition) is 4. The second-order valence-corrected chi connectivity index (χ2v) is 8.37. The number of carbonyl (C=O) groups excluding carboxylic acids is 1. The third-order valence-electron chi connectivity index (χ3n) is 5.38. The smallest absolute Gasteiger partial charge is 0.291 e. The van der Waals surface area contributed by atoms with Crippen LogP contribution in [0.2, 0.25) is 0 Å². The van der Waals surface area contributed by atoms with Gasteiger partial charge in [0.1, 0.15) is 12.1 Å². The Bertz CT molecular complexity index is 1050. The summed E-state index contributed by atoms with van der Waals surface area (Å²) in [6, 6.07) is 2.36. The summed E-state index contributed by atoms with van der Waals surface area (Å²) in [6.07, 6.45) is 4.97. The lowest BCUT2D eigenvalue weighted by atomic mass is 10.0. The van der Waals surface area contributed by atoms with E-state index in [1.807, 2.05) is 16.4 Å². The minimum atomic E-state index is -0.177. The topological polar surface area (TPSA) is 60.1 Å². The summed E-state index contributed by atoms with van der Waals surface area (Å²) in [4.78, 5) is 28.9. The Labute approximate surface area is 156 Å². The van der Waals surface area contributed by atoms with E-state index in [1.165, 1.54) is 9.56 Å². The Morgan fingerprint density at radius 1 is 1.38 bits per heavy atom. The van der Waals surface area contributed by atoms with Crippen LogP contribution in [0.25, 0.3) is 21.1 Å². The van der Waals surface area contributed by atoms with Gasteiger partial charge in [-0.3, -0.25) is 9.59 Å². The minimum absolute atomic E-state index is 0.0146. The first-order valence-corrected chi connectivity index (χ1v) is 10.1. The van der Waals surface area contributed by atoms with Gasteiger partial charge in [-0.15, -0.1) is 11.3 Å². The fraction of sp³-hybridized carbons (Fsp3) is 0.526. The van der Waals surface area contributed by atoms with Crippen LogP contribution in [0.5, 0.6) is 0 Å². The molecule has 0 spiro atoms. The number of fused-ring (bicyclic) bond motifs is 3. The second-order valence-electron chi connectivity index (χ2n) is 7.12. The molecular weight excluding hydrogens is 348 g/mol. The van der Waals surface area contributed by atoms with Crippen LogP contribution < -0.4 is 5.56 Å². The Morgan fingerprint density at radius 2 is 2.19 bits per heavy atom. The first-order chi connectivity index (χ1) is 12.5. The van der Waals surface area contributed by atoms with Crippen molar-refractivity contribution in [2.24, 2.45) is 0 Å². The van der Waals surface area contributed by atoms with Gasteiger partial charge in [0.05, 0.1) is 16.4 Å². The fourth-order valence-electron chi connectivity index (χ4n) is 4.05. The lowest BCUT2D eigenvalue weighted by molar-refractivity contribution is -0.135. The predicted molar refractivity (Wildman–Crippen MR) is 105 cm³/mol. The van der Waals surface area contributed by atoms with Gasteiger partial charge in [-0.25, -0.2) is 4.68 Å². The highest BCUT2D eigenvalue weighted by molar-refractivity contribution is 7.20. The van der Waals surface area contributed by atoms with Gasteiger partial charge >= 0.3 is 0 Å². The Kier molecular flexibility index (Phi) is 4.34. The van der Waals surface area contributed by atoms with Crippen molar-refractivity contribution in [3.8, 4) is 0 Å². The van der Waals surface area contributed by atoms with Crippen molar-refractivity contribution in [2.75, 3.05) is 6.54 Å². The van der Waals surface area contributed by atoms with Crippen LogP contribution in [0.1, 0.15) is 38.0 Å². The summed E-state index contributed by atoms with van der Waals surface area (Å²) in [5.41, 5.74) is 1.56. The molecule has 0 N–H and O–H groups in total. The van der Waals surface area contributed by atoms with E-state index in [-0.39, 0.29) is 24.1 Å². The van der Waals surface area contributed by atoms with Crippen molar-refractivity contribution in [3.05, 3.63) is 27.5 Å². The molecule has 1 saturated heterocycles. The van der Waals surface area contributed by atoms with Crippen molar-refractivity contribution in [3.63, 3.8) is 0 Å². The number of rotatable bonds is 3. The third kappa shape index (κ3) is 2.65. The molecule has 1 aliphatic rings. The minimum Gasteiger partial charge on any atom is -0.338 e. The maximum absolute atomic E-state index is 13.1. The highest BCUT2D eigenvalue weighted by Crippen LogP contribution is 2.33. The van der Waals surface area contributed by atoms with Gasteiger partial charge in [0.2, 0.25) is 5.91 Å². The first kappa shape index (κ1) is 17.3. The zero-order chi connectivity index (χ0) is 18.4. The maximum atomic E-state index is 13.1. The van der Waals surface area contributed by atoms with Crippen molar-refractivity contribution in [1.82, 2.24) is 19.2 Å². The lowest BCUT2D eigenvalue weighted by Gasteiger charge is -2.33. The normalized spacial score (nSPS) is 18.1. The summed E-state index contributed by atoms with van der Waals surface area (Å²) < 4.78 is 4.48. The molecule has 0 aromatic carbocycles. The number of piperidine rings is 1. The van der Waals surface area contributed by atoms with E-state index in [0.29, 0.717) is 12.1 Å². The molecule has 4 rings (SSSR count). The van der Waals surface area contributed by atoms with E-state index < -0.39 is 0 Å². The van der Waals surface area contributed by atoms with Crippen molar-refractivity contribution >= 4 is 38.4 Å². The van der Waals surface area contributed by atoms with Crippen LogP contribution in [0.15, 0.2) is 17.1 Å². The van der Waals surface area contributed by atoms with Crippen LogP contribution in [0, 0.1) is 6.92 Å². The van der Waals surface area contributed by atoms with Crippen LogP contribution in [-0.4, -0.2) is 37.7 Å². The SMILES string of the molecule is CCn1c2cc(C)sc2c2cnn(CC(=O)N3CCCC[C@@H]3C)c(=O)c21. The quantitative estimate of drug-likeness (QED) is 0.710. The molecule has 1 fully saturated rings. The number of aryl methyl sites for hydroxylation is 2. The molecule has 0 bridgehead atoms. The number of amides is 1. The van der Waals surface area contributed by atoms with Gasteiger partial charge in [0.25, 0.3) is 5.56 Å². The molecule has 1 amide bonds. The average Bonchev–Trinajstić information content (AvgIpc) is 3.12. The van der Waals surface area contributed by atoms with Gasteiger partial charge < -0.3 is 9.47 Å². The van der Waals surface area contributed by atoms with Crippen molar-refractivity contribution in [1.29, 1.82) is 0 Å². The van der Waals surface area contributed by atoms with Gasteiger partial charge in [0.15, 0.2) is 0 Å². The van der Waals surface area contributed by atoms with Gasteiger partial charge in [-0.1, -0.05) is 0 Å². The number of carbonyl (C=O) groups is 1. The predicted octanol–water partition coefficient (Wildman–Crippen LogP) is 3.14. The van der Waals surface area contributed by atoms with E-state index in [0.717, 1.165) is 41.4 Å². The summed E-state index contributed by atoms with van der Waals surface area (Å²) in [5, 5.41) is 5.21. The number of thiophene rings is 1. The van der Waals surface area contributed by atoms with E-state index in [1.54, 1.807) is 17.5 Å². The molecule has 0 radical (unpaired) electrons. The van der Waals surface area contributed by atoms with E-state index in [2.05, 4.69) is 25.0 Å². The van der Waals surface area contributed by atoms with E-state index in [9.17, 15) is 9.59 Å². The summed E-state index contributed by atoms with van der Waals surface area (Å²) in [7, 11) is 0. The molecule has 1 atom stereocenters. The van der Waals surface area contributed by atoms with Crippen molar-refractivity contribution in [2.45, 2.75) is 59.2 Å². The summed E-state index contributed by atoms with van der Waals surface area (Å²) >= 11 is 1.69. The molecule has 0 saturated carbocycles. The largest absolute Gasteiger partial charge is 0.338 e. The van der Waals surface area contributed by atoms with Crippen LogP contribution in [0.4, 0.5) is 0 Å². The molecule has 0 unspecified atom stereocenters. The monoisotopic (exact) mass is 372 g/mol. The van der Waals surface area contributed by atoms with Crippen LogP contribution >= 0.6 is 11.3 Å². The Hall–Kier alpha value is -2.15. The van der Waals surface area contributed by atoms with Gasteiger partial charge in [-0.05, 0) is 46.1 Å². The molecule has 26 heavy (non-hydrogen) atoms. The molecule has 6 nitrogen and oxygen atoms in total. The second kappa shape index (κ2) is 6.54. The zero-order valence-electron chi connectivity index (χ0n) is 15.5. The molecule has 1 aliphatic heterocycles. The van der Waals surface area contributed by atoms with E-state index in [4.69, 9.17) is 0 Å². The van der Waals surface area contributed by atoms with Crippen LogP contribution in [0.3, 0.4) is 0 Å². The number of nitrogens with zero attached hydrogens (tertiary/aromatic N) is 4. The first-order valence-electron chi connectivity index (χ1n) is 9.29. The summed E-state index contributed by atoms with van der Waals surface area (Å²) in [6.45, 7) is 7.69. The molecule has 0 aliphatic carbocycles. The molecular formula is C19H24N4O2S. The number of hydrogen-bond donors (Lipinski definition) is 0. The summed E-state index contributed by atoms with van der Waals surface area (Å²) in [5.74, 6) is -0.0154. The Balaban J connectivity index is 1.76. The molecule has 138 valence electrons. The molecule has 3 aromatic rings. The molecule has 7 heteroatoms. The zero-order valence-corrected chi connectivity index (χ0v) is 16.3. The highest BCUT2D eigenvalue weighted by Gasteiger charge is 2.24. The Morgan fingerprint density at radius 3 is 2.92 bits per heavy atom. The molecule has 4 heterocycles. The van der Waals surface area contributed by atoms with Crippen LogP contribution in [-0.2, 0) is 17.9 Å². The third-order valence-corrected chi connectivity index (χ3v) is 6.46. The maximum Gasteiger partial charge on any atom is 0.291 e. The number of aromatic nitrogens is 3. The highest BCUT2D eigenvalue weighted by atomic mass is 32.1. The fourth-order valence-corrected chi connectivity index (χ4v) is 5.07. The average molecular weight is 372 g/mol. The molecule has 3 aromatic heterocycles. The van der Waals surface area contributed by atoms with Gasteiger partial charge in [-0.2, -0.15) is 5.10 Å². The van der Waals surface area contributed by atoms with Crippen molar-refractivity contribution < 1.29 is 4.79 Å². The number of likely N-dealkylation sites (tertiary alicyclic amines) is 1. The standard InChI is InChI=1S/C19H24N4O2S/c1-4-21-15-9-13(3)26-18(15)14-10-20-23(19(25)17(14)21)11-16(24)22-8-6-5-7-12(22)2/h9-10,12H,4-8,11H2,1-3H3/t12-/m0/s1. The van der Waals surface area contributed by atoms with Gasteiger partial charge in [0, 0.05) is 29.4 Å².